The number of halogens is 2. The molecule has 1 atom stereocenters. The number of hydrogen-bond donors (Lipinski definition) is 1. The van der Waals surface area contributed by atoms with E-state index in [0.717, 1.165) is 22.2 Å². The van der Waals surface area contributed by atoms with Crippen molar-refractivity contribution >= 4 is 15.9 Å². The van der Waals surface area contributed by atoms with E-state index in [1.54, 1.807) is 16.8 Å². The topological polar surface area (TPSA) is 43.8 Å². The first-order chi connectivity index (χ1) is 9.01. The molecule has 1 aromatic heterocycles. The largest absolute Gasteiger partial charge is 0.324 e. The summed E-state index contributed by atoms with van der Waals surface area (Å²) in [7, 11) is 1.87. The van der Waals surface area contributed by atoms with Gasteiger partial charge in [-0.1, -0.05) is 22.9 Å². The standard InChI is InChI=1S/C14H17BrFN3/c1-3-14-11(8-19(2)18-14)13(17)7-9-6-10(15)4-5-12(9)16/h4-6,8,13H,3,7,17H2,1-2H3. The van der Waals surface area contributed by atoms with Crippen LogP contribution in [0, 0.1) is 5.82 Å². The molecule has 2 rings (SSSR count). The van der Waals surface area contributed by atoms with Gasteiger partial charge in [0.25, 0.3) is 0 Å². The van der Waals surface area contributed by atoms with Gasteiger partial charge in [-0.3, -0.25) is 4.68 Å². The smallest absolute Gasteiger partial charge is 0.126 e. The maximum Gasteiger partial charge on any atom is 0.126 e. The van der Waals surface area contributed by atoms with Crippen molar-refractivity contribution in [3.8, 4) is 0 Å². The quantitative estimate of drug-likeness (QED) is 0.938. The summed E-state index contributed by atoms with van der Waals surface area (Å²) in [6, 6.07) is 4.67. The van der Waals surface area contributed by atoms with Gasteiger partial charge < -0.3 is 5.73 Å². The minimum absolute atomic E-state index is 0.222. The minimum atomic E-state index is -0.243. The zero-order chi connectivity index (χ0) is 14.0. The van der Waals surface area contributed by atoms with Crippen LogP contribution in [0.5, 0.6) is 0 Å². The van der Waals surface area contributed by atoms with Gasteiger partial charge in [0, 0.05) is 29.3 Å². The van der Waals surface area contributed by atoms with Crippen LogP contribution in [0.3, 0.4) is 0 Å². The van der Waals surface area contributed by atoms with E-state index in [0.29, 0.717) is 12.0 Å². The van der Waals surface area contributed by atoms with E-state index in [4.69, 9.17) is 5.73 Å². The molecule has 0 amide bonds. The highest BCUT2D eigenvalue weighted by Crippen LogP contribution is 2.23. The third-order valence-corrected chi connectivity index (χ3v) is 3.61. The van der Waals surface area contributed by atoms with E-state index in [2.05, 4.69) is 21.0 Å². The molecule has 0 fully saturated rings. The second kappa shape index (κ2) is 5.84. The summed E-state index contributed by atoms with van der Waals surface area (Å²) in [5.74, 6) is -0.222. The second-order valence-electron chi connectivity index (χ2n) is 4.60. The van der Waals surface area contributed by atoms with Crippen molar-refractivity contribution in [1.29, 1.82) is 0 Å². The van der Waals surface area contributed by atoms with E-state index in [-0.39, 0.29) is 11.9 Å². The molecule has 0 spiro atoms. The molecule has 1 unspecified atom stereocenters. The van der Waals surface area contributed by atoms with Crippen molar-refractivity contribution in [3.63, 3.8) is 0 Å². The average Bonchev–Trinajstić information content (AvgIpc) is 2.75. The van der Waals surface area contributed by atoms with E-state index < -0.39 is 0 Å². The highest BCUT2D eigenvalue weighted by molar-refractivity contribution is 9.10. The first-order valence-corrected chi connectivity index (χ1v) is 7.02. The van der Waals surface area contributed by atoms with E-state index in [1.807, 2.05) is 20.2 Å². The lowest BCUT2D eigenvalue weighted by Gasteiger charge is -2.12. The third-order valence-electron chi connectivity index (χ3n) is 3.12. The van der Waals surface area contributed by atoms with Gasteiger partial charge in [0.2, 0.25) is 0 Å². The Morgan fingerprint density at radius 1 is 1.47 bits per heavy atom. The molecule has 1 heterocycles. The average molecular weight is 326 g/mol. The van der Waals surface area contributed by atoms with Crippen LogP contribution in [0.4, 0.5) is 4.39 Å². The van der Waals surface area contributed by atoms with Crippen molar-refractivity contribution in [2.24, 2.45) is 12.8 Å². The molecule has 0 saturated heterocycles. The molecule has 0 aliphatic carbocycles. The molecular weight excluding hydrogens is 309 g/mol. The van der Waals surface area contributed by atoms with Crippen LogP contribution in [-0.4, -0.2) is 9.78 Å². The van der Waals surface area contributed by atoms with Crippen LogP contribution in [-0.2, 0) is 19.9 Å². The first-order valence-electron chi connectivity index (χ1n) is 6.23. The van der Waals surface area contributed by atoms with Gasteiger partial charge in [-0.2, -0.15) is 5.10 Å². The number of aryl methyl sites for hydroxylation is 2. The first kappa shape index (κ1) is 14.2. The van der Waals surface area contributed by atoms with Crippen molar-refractivity contribution in [1.82, 2.24) is 9.78 Å². The van der Waals surface area contributed by atoms with E-state index in [9.17, 15) is 4.39 Å². The van der Waals surface area contributed by atoms with E-state index >= 15 is 0 Å². The lowest BCUT2D eigenvalue weighted by molar-refractivity contribution is 0.592. The molecule has 102 valence electrons. The monoisotopic (exact) mass is 325 g/mol. The van der Waals surface area contributed by atoms with Crippen molar-refractivity contribution in [3.05, 3.63) is 51.5 Å². The van der Waals surface area contributed by atoms with Gasteiger partial charge in [-0.25, -0.2) is 4.39 Å². The number of rotatable bonds is 4. The highest BCUT2D eigenvalue weighted by Gasteiger charge is 2.16. The fourth-order valence-electron chi connectivity index (χ4n) is 2.18. The van der Waals surface area contributed by atoms with Gasteiger partial charge >= 0.3 is 0 Å². The number of hydrogen-bond acceptors (Lipinski definition) is 2. The Labute approximate surface area is 120 Å². The molecule has 19 heavy (non-hydrogen) atoms. The highest BCUT2D eigenvalue weighted by atomic mass is 79.9. The second-order valence-corrected chi connectivity index (χ2v) is 5.52. The van der Waals surface area contributed by atoms with Crippen molar-refractivity contribution < 1.29 is 4.39 Å². The fourth-order valence-corrected chi connectivity index (χ4v) is 2.59. The maximum atomic E-state index is 13.7. The molecule has 2 aromatic rings. The zero-order valence-electron chi connectivity index (χ0n) is 11.0. The van der Waals surface area contributed by atoms with Crippen LogP contribution in [0.15, 0.2) is 28.9 Å². The molecule has 1 aromatic carbocycles. The molecule has 0 radical (unpaired) electrons. The summed E-state index contributed by atoms with van der Waals surface area (Å²) in [5.41, 5.74) is 8.79. The van der Waals surface area contributed by atoms with Crippen molar-refractivity contribution in [2.75, 3.05) is 0 Å². The van der Waals surface area contributed by atoms with Crippen LogP contribution >= 0.6 is 15.9 Å². The summed E-state index contributed by atoms with van der Waals surface area (Å²) >= 11 is 3.35. The molecule has 2 N–H and O–H groups in total. The predicted molar refractivity (Wildman–Crippen MR) is 77.3 cm³/mol. The molecule has 0 saturated carbocycles. The lowest BCUT2D eigenvalue weighted by atomic mass is 9.99. The summed E-state index contributed by atoms with van der Waals surface area (Å²) in [6.07, 6.45) is 3.20. The SMILES string of the molecule is CCc1nn(C)cc1C(N)Cc1cc(Br)ccc1F. The van der Waals surface area contributed by atoms with E-state index in [1.165, 1.54) is 6.07 Å². The summed E-state index contributed by atoms with van der Waals surface area (Å²) in [6.45, 7) is 2.04. The molecule has 0 aliphatic heterocycles. The number of benzene rings is 1. The maximum absolute atomic E-state index is 13.7. The van der Waals surface area contributed by atoms with Crippen LogP contribution in [0.1, 0.15) is 29.8 Å². The normalized spacial score (nSPS) is 12.7. The fraction of sp³-hybridized carbons (Fsp3) is 0.357. The Bertz CT molecular complexity index is 580. The predicted octanol–water partition coefficient (Wildman–Crippen LogP) is 3.13. The summed E-state index contributed by atoms with van der Waals surface area (Å²) in [5, 5.41) is 4.37. The van der Waals surface area contributed by atoms with Gasteiger partial charge in [0.1, 0.15) is 5.82 Å². The van der Waals surface area contributed by atoms with Crippen LogP contribution in [0.25, 0.3) is 0 Å². The van der Waals surface area contributed by atoms with Gasteiger partial charge in [0.15, 0.2) is 0 Å². The Balaban J connectivity index is 2.25. The molecular formula is C14H17BrFN3. The van der Waals surface area contributed by atoms with Gasteiger partial charge in [0.05, 0.1) is 5.69 Å². The van der Waals surface area contributed by atoms with Gasteiger partial charge in [-0.15, -0.1) is 0 Å². The Kier molecular flexibility index (Phi) is 4.37. The number of nitrogens with zero attached hydrogens (tertiary/aromatic N) is 2. The minimum Gasteiger partial charge on any atom is -0.324 e. The Morgan fingerprint density at radius 2 is 2.21 bits per heavy atom. The lowest BCUT2D eigenvalue weighted by Crippen LogP contribution is -2.15. The molecule has 0 bridgehead atoms. The molecule has 5 heteroatoms. The Hall–Kier alpha value is -1.20. The van der Waals surface area contributed by atoms with Crippen molar-refractivity contribution in [2.45, 2.75) is 25.8 Å². The zero-order valence-corrected chi connectivity index (χ0v) is 12.6. The molecule has 3 nitrogen and oxygen atoms in total. The number of aromatic nitrogens is 2. The van der Waals surface area contributed by atoms with Gasteiger partial charge in [-0.05, 0) is 36.6 Å². The third kappa shape index (κ3) is 3.22. The van der Waals surface area contributed by atoms with Crippen LogP contribution in [0.2, 0.25) is 0 Å². The molecule has 0 aliphatic rings. The van der Waals surface area contributed by atoms with Crippen LogP contribution < -0.4 is 5.73 Å². The summed E-state index contributed by atoms with van der Waals surface area (Å²) in [4.78, 5) is 0. The summed E-state index contributed by atoms with van der Waals surface area (Å²) < 4.78 is 16.4. The Morgan fingerprint density at radius 3 is 2.89 bits per heavy atom. The number of nitrogens with two attached hydrogens (primary N) is 1.